The van der Waals surface area contributed by atoms with Gasteiger partial charge in [-0.1, -0.05) is 11.6 Å². The molecule has 0 aliphatic carbocycles. The molecule has 3 aliphatic rings. The maximum atomic E-state index is 14.9. The van der Waals surface area contributed by atoms with Crippen molar-refractivity contribution >= 4 is 46.1 Å². The molecule has 0 aromatic carbocycles. The van der Waals surface area contributed by atoms with E-state index in [0.29, 0.717) is 6.42 Å². The molecule has 2 aromatic rings. The number of aromatic nitrogens is 3. The molecule has 5 rings (SSSR count). The van der Waals surface area contributed by atoms with E-state index >= 15 is 0 Å². The van der Waals surface area contributed by atoms with Crippen LogP contribution in [0, 0.1) is 5.82 Å². The molecular weight excluding hydrogens is 518 g/mol. The van der Waals surface area contributed by atoms with E-state index in [2.05, 4.69) is 15.0 Å². The number of ether oxygens (including phenoxy) is 2. The Kier molecular flexibility index (Phi) is 5.47. The van der Waals surface area contributed by atoms with Crippen molar-refractivity contribution in [2.75, 3.05) is 11.4 Å². The average Bonchev–Trinajstić information content (AvgIpc) is 2.99. The lowest BCUT2D eigenvalue weighted by Crippen LogP contribution is -2.68. The number of carbonyl (C=O) groups excluding carboxylic acids is 1. The summed E-state index contributed by atoms with van der Waals surface area (Å²) in [6.07, 6.45) is -7.44. The van der Waals surface area contributed by atoms with Gasteiger partial charge in [-0.3, -0.25) is 4.90 Å². The minimum atomic E-state index is -4.90. The maximum absolute atomic E-state index is 14.9. The first-order valence-corrected chi connectivity index (χ1v) is 11.8. The van der Waals surface area contributed by atoms with Crippen LogP contribution in [0.5, 0.6) is 5.88 Å². The third kappa shape index (κ3) is 3.90. The SMILES string of the molecule is CC(C)(C)OC(=O)N1[C@@H]2CC[C@H]1[C@H]1[C@H](C(F)(F)F)Oc3nc(Cl)c(F)c4nc([S+]=O)nc(c34)N1C2. The van der Waals surface area contributed by atoms with Crippen LogP contribution in [0.1, 0.15) is 33.6 Å². The molecule has 0 radical (unpaired) electrons. The summed E-state index contributed by atoms with van der Waals surface area (Å²) in [5.41, 5.74) is -1.32. The molecule has 2 bridgehead atoms. The second kappa shape index (κ2) is 7.95. The number of nitrogens with zero attached hydrogens (tertiary/aromatic N) is 5. The number of carbonyl (C=O) groups is 1. The quantitative estimate of drug-likeness (QED) is 0.234. The highest BCUT2D eigenvalue weighted by molar-refractivity contribution is 7.65. The molecule has 0 spiro atoms. The zero-order chi connectivity index (χ0) is 25.4. The first-order chi connectivity index (χ1) is 16.3. The Bertz CT molecular complexity index is 1240. The Hall–Kier alpha value is -2.61. The van der Waals surface area contributed by atoms with Crippen molar-refractivity contribution < 1.29 is 36.0 Å². The Labute approximate surface area is 205 Å². The van der Waals surface area contributed by atoms with Crippen molar-refractivity contribution in [2.45, 2.75) is 74.8 Å². The Morgan fingerprint density at radius 1 is 1.20 bits per heavy atom. The van der Waals surface area contributed by atoms with Gasteiger partial charge in [-0.25, -0.2) is 9.18 Å². The lowest BCUT2D eigenvalue weighted by molar-refractivity contribution is -0.206. The van der Waals surface area contributed by atoms with Gasteiger partial charge >= 0.3 is 29.1 Å². The normalized spacial score (nSPS) is 25.7. The van der Waals surface area contributed by atoms with Gasteiger partial charge in [-0.2, -0.15) is 28.1 Å². The van der Waals surface area contributed by atoms with Crippen molar-refractivity contribution in [3.05, 3.63) is 11.0 Å². The number of rotatable bonds is 1. The van der Waals surface area contributed by atoms with E-state index in [-0.39, 0.29) is 35.8 Å². The van der Waals surface area contributed by atoms with Gasteiger partial charge < -0.3 is 14.4 Å². The first kappa shape index (κ1) is 24.1. The lowest BCUT2D eigenvalue weighted by atomic mass is 9.96. The fourth-order valence-electron chi connectivity index (χ4n) is 5.03. The van der Waals surface area contributed by atoms with E-state index in [1.54, 1.807) is 20.8 Å². The predicted molar refractivity (Wildman–Crippen MR) is 115 cm³/mol. The van der Waals surface area contributed by atoms with Crippen molar-refractivity contribution in [1.82, 2.24) is 19.9 Å². The molecule has 9 nitrogen and oxygen atoms in total. The average molecular weight is 537 g/mol. The molecule has 1 amide bonds. The third-order valence-corrected chi connectivity index (χ3v) is 6.78. The molecule has 35 heavy (non-hydrogen) atoms. The first-order valence-electron chi connectivity index (χ1n) is 10.7. The molecule has 4 atom stereocenters. The number of alkyl halides is 3. The van der Waals surface area contributed by atoms with E-state index in [1.807, 2.05) is 0 Å². The van der Waals surface area contributed by atoms with Gasteiger partial charge in [0.2, 0.25) is 12.0 Å². The number of amides is 1. The predicted octanol–water partition coefficient (Wildman–Crippen LogP) is 3.88. The highest BCUT2D eigenvalue weighted by Crippen LogP contribution is 2.48. The monoisotopic (exact) mass is 536 g/mol. The van der Waals surface area contributed by atoms with Gasteiger partial charge in [0.1, 0.15) is 16.5 Å². The molecule has 0 saturated carbocycles. The molecule has 0 unspecified atom stereocenters. The van der Waals surface area contributed by atoms with Crippen LogP contribution in [0.2, 0.25) is 5.15 Å². The van der Waals surface area contributed by atoms with Crippen LogP contribution in [-0.4, -0.2) is 68.5 Å². The van der Waals surface area contributed by atoms with Gasteiger partial charge in [0.25, 0.3) is 0 Å². The number of hydrogen-bond acceptors (Lipinski definition) is 8. The van der Waals surface area contributed by atoms with Gasteiger partial charge in [0, 0.05) is 10.8 Å². The number of pyridine rings is 1. The van der Waals surface area contributed by atoms with Gasteiger partial charge in [-0.05, 0) is 33.6 Å². The van der Waals surface area contributed by atoms with E-state index in [4.69, 9.17) is 21.1 Å². The zero-order valence-corrected chi connectivity index (χ0v) is 20.2. The summed E-state index contributed by atoms with van der Waals surface area (Å²) in [4.78, 5) is 27.3. The maximum Gasteiger partial charge on any atom is 0.550 e. The Morgan fingerprint density at radius 2 is 1.91 bits per heavy atom. The van der Waals surface area contributed by atoms with Crippen LogP contribution in [0.15, 0.2) is 5.16 Å². The van der Waals surface area contributed by atoms with E-state index < -0.39 is 69.6 Å². The zero-order valence-electron chi connectivity index (χ0n) is 18.6. The fraction of sp³-hybridized carbons (Fsp3) is 0.600. The van der Waals surface area contributed by atoms with E-state index in [0.717, 1.165) is 0 Å². The molecule has 5 heterocycles. The number of hydrogen-bond donors (Lipinski definition) is 0. The minimum Gasteiger partial charge on any atom is -0.462 e. The van der Waals surface area contributed by atoms with Gasteiger partial charge in [0.15, 0.2) is 16.8 Å². The summed E-state index contributed by atoms with van der Waals surface area (Å²) >= 11 is 5.69. The number of halogens is 5. The molecule has 3 aliphatic heterocycles. The summed E-state index contributed by atoms with van der Waals surface area (Å²) in [5, 5.41) is -1.37. The standard InChI is InChI=1S/C20H19ClF4N5O4S/c1-19(2,3)34-18(31)30-7-4-5-8(30)12-13(20(23,24)25)33-16-9-11(10(22)14(21)27-16)26-17(35-32)28-15(9)29(12)6-7/h7-8,12-13H,4-6H2,1-3H3/q+1/t7-,8+,12+,13-/m1/s1. The second-order valence-corrected chi connectivity index (χ2v) is 10.5. The summed E-state index contributed by atoms with van der Waals surface area (Å²) < 4.78 is 80.6. The fourth-order valence-corrected chi connectivity index (χ4v) is 5.45. The largest absolute Gasteiger partial charge is 0.550 e. The third-order valence-electron chi connectivity index (χ3n) is 6.20. The van der Waals surface area contributed by atoms with Crippen LogP contribution in [0.4, 0.5) is 28.2 Å². The van der Waals surface area contributed by atoms with E-state index in [9.17, 15) is 26.6 Å². The van der Waals surface area contributed by atoms with Gasteiger partial charge in [0.05, 0.1) is 18.1 Å². The molecular formula is C20H19ClF4N5O4S+. The minimum absolute atomic E-state index is 0.0743. The topological polar surface area (TPSA) is 97.8 Å². The smallest absolute Gasteiger partial charge is 0.462 e. The number of fused-ring (bicyclic) bond motifs is 5. The molecule has 2 saturated heterocycles. The number of anilines is 1. The summed E-state index contributed by atoms with van der Waals surface area (Å²) in [7, 11) is 0. The van der Waals surface area contributed by atoms with Crippen LogP contribution in [0.3, 0.4) is 0 Å². The summed E-state index contributed by atoms with van der Waals surface area (Å²) in [6, 6.07) is -2.93. The Balaban J connectivity index is 1.72. The molecule has 188 valence electrons. The molecule has 2 aromatic heterocycles. The van der Waals surface area contributed by atoms with Crippen molar-refractivity contribution in [2.24, 2.45) is 0 Å². The second-order valence-electron chi connectivity index (χ2n) is 9.57. The van der Waals surface area contributed by atoms with Crippen LogP contribution in [-0.2, 0) is 20.6 Å². The van der Waals surface area contributed by atoms with E-state index in [1.165, 1.54) is 9.80 Å². The highest BCUT2D eigenvalue weighted by Gasteiger charge is 2.61. The summed E-state index contributed by atoms with van der Waals surface area (Å²) in [6.45, 7) is 4.92. The molecule has 0 N–H and O–H groups in total. The van der Waals surface area contributed by atoms with Crippen molar-refractivity contribution in [3.8, 4) is 5.88 Å². The van der Waals surface area contributed by atoms with Crippen LogP contribution < -0.4 is 9.64 Å². The van der Waals surface area contributed by atoms with Crippen LogP contribution >= 0.6 is 11.6 Å². The Morgan fingerprint density at radius 3 is 2.54 bits per heavy atom. The van der Waals surface area contributed by atoms with Crippen molar-refractivity contribution in [3.63, 3.8) is 0 Å². The molecule has 15 heteroatoms. The number of piperazine rings is 1. The van der Waals surface area contributed by atoms with Gasteiger partial charge in [-0.15, -0.1) is 0 Å². The highest BCUT2D eigenvalue weighted by atomic mass is 35.5. The lowest BCUT2D eigenvalue weighted by Gasteiger charge is -2.48. The van der Waals surface area contributed by atoms with Crippen molar-refractivity contribution in [1.29, 1.82) is 0 Å². The molecule has 2 fully saturated rings. The van der Waals surface area contributed by atoms with Crippen LogP contribution in [0.25, 0.3) is 10.9 Å². The summed E-state index contributed by atoms with van der Waals surface area (Å²) in [5.74, 6) is -1.82.